The summed E-state index contributed by atoms with van der Waals surface area (Å²) in [5, 5.41) is 5.24. The summed E-state index contributed by atoms with van der Waals surface area (Å²) in [6, 6.07) is 7.51. The second-order valence-electron chi connectivity index (χ2n) is 6.95. The molecule has 0 radical (unpaired) electrons. The van der Waals surface area contributed by atoms with Crippen LogP contribution >= 0.6 is 0 Å². The number of nitrogens with one attached hydrogen (secondary N) is 2. The highest BCUT2D eigenvalue weighted by molar-refractivity contribution is 5.79. The molecule has 2 N–H and O–H groups in total. The summed E-state index contributed by atoms with van der Waals surface area (Å²) in [5.74, 6) is 0.164. The van der Waals surface area contributed by atoms with Gasteiger partial charge in [0.2, 0.25) is 11.8 Å². The van der Waals surface area contributed by atoms with E-state index in [9.17, 15) is 14.4 Å². The number of rotatable bonds is 7. The Bertz CT molecular complexity index is 902. The number of fused-ring (bicyclic) bond motifs is 1. The first kappa shape index (κ1) is 19.9. The second kappa shape index (κ2) is 9.34. The molecule has 28 heavy (non-hydrogen) atoms. The average Bonchev–Trinajstić information content (AvgIpc) is 2.73. The van der Waals surface area contributed by atoms with Gasteiger partial charge in [0.05, 0.1) is 11.0 Å². The van der Waals surface area contributed by atoms with Crippen molar-refractivity contribution in [3.8, 4) is 0 Å². The van der Waals surface area contributed by atoms with Crippen LogP contribution in [0.5, 0.6) is 0 Å². The van der Waals surface area contributed by atoms with E-state index in [0.29, 0.717) is 5.82 Å². The topological polar surface area (TPSA) is 96.3 Å². The molecule has 1 saturated heterocycles. The average molecular weight is 385 g/mol. The molecule has 0 saturated carbocycles. The summed E-state index contributed by atoms with van der Waals surface area (Å²) in [7, 11) is 1.56. The van der Waals surface area contributed by atoms with Gasteiger partial charge in [-0.2, -0.15) is 0 Å². The lowest BCUT2D eigenvalue weighted by atomic mass is 10.1. The Morgan fingerprint density at radius 2 is 1.82 bits per heavy atom. The van der Waals surface area contributed by atoms with Gasteiger partial charge in [-0.3, -0.25) is 14.4 Å². The van der Waals surface area contributed by atoms with Crippen LogP contribution in [0, 0.1) is 0 Å². The second-order valence-corrected chi connectivity index (χ2v) is 6.95. The first-order valence-electron chi connectivity index (χ1n) is 9.82. The van der Waals surface area contributed by atoms with Crippen LogP contribution in [-0.4, -0.2) is 48.0 Å². The zero-order valence-corrected chi connectivity index (χ0v) is 16.2. The number of nitrogens with zero attached hydrogens (tertiary/aromatic N) is 3. The number of benzene rings is 1. The summed E-state index contributed by atoms with van der Waals surface area (Å²) < 4.78 is 1.64. The van der Waals surface area contributed by atoms with Gasteiger partial charge in [-0.25, -0.2) is 4.98 Å². The van der Waals surface area contributed by atoms with Crippen molar-refractivity contribution < 1.29 is 9.59 Å². The predicted octanol–water partition coefficient (Wildman–Crippen LogP) is 1.03. The third-order valence-corrected chi connectivity index (χ3v) is 5.01. The molecule has 0 atom stereocenters. The number of para-hydroxylation sites is 2. The smallest absolute Gasteiger partial charge is 0.294 e. The summed E-state index contributed by atoms with van der Waals surface area (Å²) in [6.07, 6.45) is 3.69. The van der Waals surface area contributed by atoms with Crippen molar-refractivity contribution in [1.82, 2.24) is 20.2 Å². The molecule has 2 heterocycles. The van der Waals surface area contributed by atoms with E-state index in [4.69, 9.17) is 0 Å². The van der Waals surface area contributed by atoms with Gasteiger partial charge >= 0.3 is 0 Å². The van der Waals surface area contributed by atoms with E-state index in [2.05, 4.69) is 20.5 Å². The van der Waals surface area contributed by atoms with Gasteiger partial charge in [-0.15, -0.1) is 0 Å². The Kier molecular flexibility index (Phi) is 6.62. The Morgan fingerprint density at radius 3 is 2.57 bits per heavy atom. The third-order valence-electron chi connectivity index (χ3n) is 5.01. The standard InChI is InChI=1S/C20H27N5O3/c1-21-17(26)9-11-22-18(27)10-14-25-16-8-4-3-7-15(16)23-19(20(25)28)24-12-5-2-6-13-24/h3-4,7-8H,2,5-6,9-14H2,1H3,(H,21,26)(H,22,27). The summed E-state index contributed by atoms with van der Waals surface area (Å²) >= 11 is 0. The summed E-state index contributed by atoms with van der Waals surface area (Å²) in [4.78, 5) is 43.1. The van der Waals surface area contributed by atoms with E-state index in [1.807, 2.05) is 24.3 Å². The Labute approximate surface area is 163 Å². The molecule has 1 aromatic carbocycles. The number of hydrogen-bond acceptors (Lipinski definition) is 5. The fourth-order valence-corrected chi connectivity index (χ4v) is 3.45. The quantitative estimate of drug-likeness (QED) is 0.742. The first-order chi connectivity index (χ1) is 13.6. The summed E-state index contributed by atoms with van der Waals surface area (Å²) in [6.45, 7) is 2.22. The highest BCUT2D eigenvalue weighted by Crippen LogP contribution is 2.18. The number of amides is 2. The number of carbonyl (C=O) groups excluding carboxylic acids is 2. The molecule has 1 aromatic heterocycles. The molecular weight excluding hydrogens is 358 g/mol. The van der Waals surface area contributed by atoms with Crippen molar-refractivity contribution in [3.05, 3.63) is 34.6 Å². The van der Waals surface area contributed by atoms with E-state index < -0.39 is 0 Å². The van der Waals surface area contributed by atoms with E-state index in [0.717, 1.165) is 37.0 Å². The van der Waals surface area contributed by atoms with Crippen molar-refractivity contribution in [1.29, 1.82) is 0 Å². The minimum atomic E-state index is -0.184. The number of piperidine rings is 1. The van der Waals surface area contributed by atoms with Gasteiger partial charge in [0.25, 0.3) is 5.56 Å². The van der Waals surface area contributed by atoms with Crippen molar-refractivity contribution in [2.24, 2.45) is 0 Å². The minimum Gasteiger partial charge on any atom is -0.359 e. The molecule has 0 bridgehead atoms. The first-order valence-corrected chi connectivity index (χ1v) is 9.82. The van der Waals surface area contributed by atoms with Crippen LogP contribution in [-0.2, 0) is 16.1 Å². The molecule has 3 rings (SSSR count). The van der Waals surface area contributed by atoms with Gasteiger partial charge < -0.3 is 20.1 Å². The number of carbonyl (C=O) groups is 2. The normalized spacial score (nSPS) is 14.1. The van der Waals surface area contributed by atoms with E-state index in [1.165, 1.54) is 6.42 Å². The zero-order valence-electron chi connectivity index (χ0n) is 16.2. The lowest BCUT2D eigenvalue weighted by Gasteiger charge is -2.27. The zero-order chi connectivity index (χ0) is 19.9. The number of aromatic nitrogens is 2. The molecule has 0 spiro atoms. The van der Waals surface area contributed by atoms with E-state index in [1.54, 1.807) is 11.6 Å². The van der Waals surface area contributed by atoms with Crippen LogP contribution in [0.3, 0.4) is 0 Å². The minimum absolute atomic E-state index is 0.122. The molecule has 1 aliphatic rings. The lowest BCUT2D eigenvalue weighted by molar-refractivity contribution is -0.122. The maximum Gasteiger partial charge on any atom is 0.294 e. The van der Waals surface area contributed by atoms with E-state index in [-0.39, 0.29) is 43.3 Å². The number of anilines is 1. The number of hydrogen-bond donors (Lipinski definition) is 2. The Morgan fingerprint density at radius 1 is 1.07 bits per heavy atom. The highest BCUT2D eigenvalue weighted by Gasteiger charge is 2.19. The third kappa shape index (κ3) is 4.68. The van der Waals surface area contributed by atoms with Gasteiger partial charge in [0, 0.05) is 46.1 Å². The molecule has 1 aliphatic heterocycles. The maximum atomic E-state index is 13.1. The van der Waals surface area contributed by atoms with Gasteiger partial charge in [0.15, 0.2) is 5.82 Å². The van der Waals surface area contributed by atoms with Gasteiger partial charge in [-0.1, -0.05) is 12.1 Å². The van der Waals surface area contributed by atoms with Gasteiger partial charge in [-0.05, 0) is 31.4 Å². The van der Waals surface area contributed by atoms with Crippen molar-refractivity contribution in [2.75, 3.05) is 31.6 Å². The molecule has 0 aliphatic carbocycles. The van der Waals surface area contributed by atoms with Crippen LogP contribution in [0.1, 0.15) is 32.1 Å². The fourth-order valence-electron chi connectivity index (χ4n) is 3.45. The Balaban J connectivity index is 1.77. The number of aryl methyl sites for hydroxylation is 1. The highest BCUT2D eigenvalue weighted by atomic mass is 16.2. The fraction of sp³-hybridized carbons (Fsp3) is 0.500. The van der Waals surface area contributed by atoms with Gasteiger partial charge in [0.1, 0.15) is 0 Å². The molecule has 8 nitrogen and oxygen atoms in total. The summed E-state index contributed by atoms with van der Waals surface area (Å²) in [5.41, 5.74) is 1.33. The van der Waals surface area contributed by atoms with Crippen LogP contribution < -0.4 is 21.1 Å². The molecule has 2 amide bonds. The monoisotopic (exact) mass is 385 g/mol. The molecular formula is C20H27N5O3. The van der Waals surface area contributed by atoms with Crippen molar-refractivity contribution in [3.63, 3.8) is 0 Å². The van der Waals surface area contributed by atoms with Crippen LogP contribution in [0.2, 0.25) is 0 Å². The molecule has 150 valence electrons. The van der Waals surface area contributed by atoms with E-state index >= 15 is 0 Å². The lowest BCUT2D eigenvalue weighted by Crippen LogP contribution is -2.37. The SMILES string of the molecule is CNC(=O)CCNC(=O)CCn1c(=O)c(N2CCCCC2)nc2ccccc21. The van der Waals surface area contributed by atoms with Crippen LogP contribution in [0.15, 0.2) is 29.1 Å². The van der Waals surface area contributed by atoms with Crippen molar-refractivity contribution >= 4 is 28.7 Å². The largest absolute Gasteiger partial charge is 0.359 e. The Hall–Kier alpha value is -2.90. The van der Waals surface area contributed by atoms with Crippen LogP contribution in [0.25, 0.3) is 11.0 Å². The molecule has 1 fully saturated rings. The molecule has 8 heteroatoms. The molecule has 0 unspecified atom stereocenters. The van der Waals surface area contributed by atoms with Crippen molar-refractivity contribution in [2.45, 2.75) is 38.6 Å². The maximum absolute atomic E-state index is 13.1. The predicted molar refractivity (Wildman–Crippen MR) is 108 cm³/mol. The van der Waals surface area contributed by atoms with Crippen LogP contribution in [0.4, 0.5) is 5.82 Å². The molecule has 2 aromatic rings.